The van der Waals surface area contributed by atoms with Crippen LogP contribution in [0, 0.1) is 0 Å². The highest BCUT2D eigenvalue weighted by Gasteiger charge is 2.31. The molecule has 0 bridgehead atoms. The van der Waals surface area contributed by atoms with E-state index in [1.165, 1.54) is 0 Å². The zero-order valence-corrected chi connectivity index (χ0v) is 12.7. The molecule has 1 N–H and O–H groups in total. The highest BCUT2D eigenvalue weighted by molar-refractivity contribution is 8.00. The van der Waals surface area contributed by atoms with E-state index < -0.39 is 0 Å². The summed E-state index contributed by atoms with van der Waals surface area (Å²) >= 11 is 1.93. The van der Waals surface area contributed by atoms with Gasteiger partial charge in [0.05, 0.1) is 0 Å². The van der Waals surface area contributed by atoms with Gasteiger partial charge in [0, 0.05) is 42.5 Å². The Kier molecular flexibility index (Phi) is 4.76. The Morgan fingerprint density at radius 3 is 3.00 bits per heavy atom. The summed E-state index contributed by atoms with van der Waals surface area (Å²) in [5, 5.41) is 2.98. The normalized spacial score (nSPS) is 27.6. The first-order chi connectivity index (χ1) is 8.96. The molecule has 0 aromatic carbocycles. The minimum Gasteiger partial charge on any atom is -0.353 e. The number of amides is 2. The number of hydrogen-bond acceptors (Lipinski definition) is 3. The summed E-state index contributed by atoms with van der Waals surface area (Å²) in [7, 11) is 0. The van der Waals surface area contributed by atoms with E-state index in [1.807, 2.05) is 16.7 Å². The molecule has 2 saturated heterocycles. The molecule has 0 aromatic rings. The zero-order chi connectivity index (χ0) is 13.9. The van der Waals surface area contributed by atoms with Gasteiger partial charge in [0.1, 0.15) is 0 Å². The van der Waals surface area contributed by atoms with Gasteiger partial charge in [-0.3, -0.25) is 9.59 Å². The molecule has 0 unspecified atom stereocenters. The van der Waals surface area contributed by atoms with Gasteiger partial charge in [0.25, 0.3) is 0 Å². The molecular formula is C14H24N2O2S. The molecule has 0 spiro atoms. The fourth-order valence-electron chi connectivity index (χ4n) is 2.77. The van der Waals surface area contributed by atoms with Gasteiger partial charge in [0.15, 0.2) is 0 Å². The van der Waals surface area contributed by atoms with Gasteiger partial charge >= 0.3 is 0 Å². The smallest absolute Gasteiger partial charge is 0.224 e. The van der Waals surface area contributed by atoms with E-state index in [1.54, 1.807) is 0 Å². The van der Waals surface area contributed by atoms with Crippen LogP contribution >= 0.6 is 11.8 Å². The lowest BCUT2D eigenvalue weighted by Gasteiger charge is -2.38. The van der Waals surface area contributed by atoms with Gasteiger partial charge in [0.2, 0.25) is 11.8 Å². The van der Waals surface area contributed by atoms with Crippen molar-refractivity contribution < 1.29 is 9.59 Å². The molecule has 2 heterocycles. The van der Waals surface area contributed by atoms with Gasteiger partial charge < -0.3 is 10.2 Å². The van der Waals surface area contributed by atoms with Crippen LogP contribution in [-0.2, 0) is 9.59 Å². The Bertz CT molecular complexity index is 357. The van der Waals surface area contributed by atoms with Crippen LogP contribution in [0.1, 0.15) is 46.0 Å². The fraction of sp³-hybridized carbons (Fsp3) is 0.857. The summed E-state index contributed by atoms with van der Waals surface area (Å²) in [5.41, 5.74) is 0. The topological polar surface area (TPSA) is 49.4 Å². The van der Waals surface area contributed by atoms with Gasteiger partial charge in [-0.1, -0.05) is 6.42 Å². The molecule has 0 aliphatic carbocycles. The predicted molar refractivity (Wildman–Crippen MR) is 78.1 cm³/mol. The number of rotatable bonds is 2. The minimum atomic E-state index is 0.0418. The SMILES string of the molecule is CC1(C)CN(C(=O)C[C@H]2CCCCC(=O)N2)CCS1. The maximum Gasteiger partial charge on any atom is 0.224 e. The third-order valence-corrected chi connectivity index (χ3v) is 5.07. The van der Waals surface area contributed by atoms with Crippen molar-refractivity contribution in [2.24, 2.45) is 0 Å². The largest absolute Gasteiger partial charge is 0.353 e. The molecule has 19 heavy (non-hydrogen) atoms. The average Bonchev–Trinajstić information content (AvgIpc) is 2.52. The summed E-state index contributed by atoms with van der Waals surface area (Å²) in [6.45, 7) is 6.03. The molecule has 0 saturated carbocycles. The van der Waals surface area contributed by atoms with Crippen molar-refractivity contribution in [3.05, 3.63) is 0 Å². The number of carbonyl (C=O) groups excluding carboxylic acids is 2. The van der Waals surface area contributed by atoms with Gasteiger partial charge in [-0.25, -0.2) is 0 Å². The molecule has 0 radical (unpaired) electrons. The van der Waals surface area contributed by atoms with E-state index in [0.717, 1.165) is 38.1 Å². The molecule has 2 amide bonds. The fourth-order valence-corrected chi connectivity index (χ4v) is 3.88. The van der Waals surface area contributed by atoms with Crippen LogP contribution < -0.4 is 5.32 Å². The van der Waals surface area contributed by atoms with Crippen LogP contribution in [0.5, 0.6) is 0 Å². The van der Waals surface area contributed by atoms with Crippen molar-refractivity contribution in [2.45, 2.75) is 56.7 Å². The van der Waals surface area contributed by atoms with Crippen molar-refractivity contribution >= 4 is 23.6 Å². The molecule has 2 fully saturated rings. The highest BCUT2D eigenvalue weighted by atomic mass is 32.2. The zero-order valence-electron chi connectivity index (χ0n) is 11.9. The van der Waals surface area contributed by atoms with Crippen LogP contribution in [0.25, 0.3) is 0 Å². The molecular weight excluding hydrogens is 260 g/mol. The van der Waals surface area contributed by atoms with Crippen molar-refractivity contribution in [2.75, 3.05) is 18.8 Å². The predicted octanol–water partition coefficient (Wildman–Crippen LogP) is 1.79. The summed E-state index contributed by atoms with van der Waals surface area (Å²) in [5.74, 6) is 1.31. The monoisotopic (exact) mass is 284 g/mol. The average molecular weight is 284 g/mol. The molecule has 2 aliphatic rings. The summed E-state index contributed by atoms with van der Waals surface area (Å²) < 4.78 is 0.153. The van der Waals surface area contributed by atoms with Crippen LogP contribution in [0.15, 0.2) is 0 Å². The van der Waals surface area contributed by atoms with Crippen LogP contribution in [0.2, 0.25) is 0 Å². The Balaban J connectivity index is 1.87. The highest BCUT2D eigenvalue weighted by Crippen LogP contribution is 2.30. The molecule has 1 atom stereocenters. The molecule has 2 rings (SSSR count). The first kappa shape index (κ1) is 14.7. The first-order valence-corrected chi connectivity index (χ1v) is 8.16. The molecule has 5 heteroatoms. The number of carbonyl (C=O) groups is 2. The third kappa shape index (κ3) is 4.41. The lowest BCUT2D eigenvalue weighted by atomic mass is 10.1. The summed E-state index contributed by atoms with van der Waals surface area (Å²) in [4.78, 5) is 25.8. The van der Waals surface area contributed by atoms with E-state index in [9.17, 15) is 9.59 Å². The van der Waals surface area contributed by atoms with Crippen molar-refractivity contribution in [3.63, 3.8) is 0 Å². The number of hydrogen-bond donors (Lipinski definition) is 1. The second-order valence-electron chi connectivity index (χ2n) is 6.14. The molecule has 4 nitrogen and oxygen atoms in total. The van der Waals surface area contributed by atoms with E-state index in [0.29, 0.717) is 12.8 Å². The Morgan fingerprint density at radius 2 is 2.26 bits per heavy atom. The van der Waals surface area contributed by atoms with Gasteiger partial charge in [-0.2, -0.15) is 11.8 Å². The lowest BCUT2D eigenvalue weighted by Crippen LogP contribution is -2.48. The summed E-state index contributed by atoms with van der Waals surface area (Å²) in [6.07, 6.45) is 4.00. The second-order valence-corrected chi connectivity index (χ2v) is 7.94. The first-order valence-electron chi connectivity index (χ1n) is 7.17. The third-order valence-electron chi connectivity index (χ3n) is 3.77. The van der Waals surface area contributed by atoms with Crippen molar-refractivity contribution in [1.82, 2.24) is 10.2 Å². The van der Waals surface area contributed by atoms with Crippen LogP contribution in [0.4, 0.5) is 0 Å². The molecule has 2 aliphatic heterocycles. The van der Waals surface area contributed by atoms with E-state index in [4.69, 9.17) is 0 Å². The van der Waals surface area contributed by atoms with Crippen LogP contribution in [0.3, 0.4) is 0 Å². The second kappa shape index (κ2) is 6.16. The Morgan fingerprint density at radius 1 is 1.47 bits per heavy atom. The van der Waals surface area contributed by atoms with E-state index in [2.05, 4.69) is 19.2 Å². The van der Waals surface area contributed by atoms with Crippen LogP contribution in [-0.4, -0.2) is 46.3 Å². The van der Waals surface area contributed by atoms with Gasteiger partial charge in [-0.05, 0) is 26.7 Å². The number of nitrogens with zero attached hydrogens (tertiary/aromatic N) is 1. The molecule has 0 aromatic heterocycles. The van der Waals surface area contributed by atoms with Crippen molar-refractivity contribution in [3.8, 4) is 0 Å². The summed E-state index contributed by atoms with van der Waals surface area (Å²) in [6, 6.07) is 0.0418. The van der Waals surface area contributed by atoms with Gasteiger partial charge in [-0.15, -0.1) is 0 Å². The van der Waals surface area contributed by atoms with Crippen molar-refractivity contribution in [1.29, 1.82) is 0 Å². The maximum absolute atomic E-state index is 12.3. The quantitative estimate of drug-likeness (QED) is 0.841. The molecule has 108 valence electrons. The number of thioether (sulfide) groups is 1. The van der Waals surface area contributed by atoms with E-state index in [-0.39, 0.29) is 22.6 Å². The minimum absolute atomic E-state index is 0.0418. The number of nitrogens with one attached hydrogen (secondary N) is 1. The lowest BCUT2D eigenvalue weighted by molar-refractivity contribution is -0.132. The Labute approximate surface area is 119 Å². The standard InChI is InChI=1S/C14H24N2O2S/c1-14(2)10-16(7-8-19-14)13(18)9-11-5-3-4-6-12(17)15-11/h11H,3-10H2,1-2H3,(H,15,17)/t11-/m1/s1. The van der Waals surface area contributed by atoms with E-state index >= 15 is 0 Å². The Hall–Kier alpha value is -0.710. The maximum atomic E-state index is 12.3.